The minimum atomic E-state index is -0.586. The standard InChI is InChI=1S/C11H19NO2/c12-9-3-1-2-8(6-9)7-11(4-5-11)10(13)14/h8-9H,1-7,12H2,(H,13,14). The maximum Gasteiger partial charge on any atom is 0.309 e. The van der Waals surface area contributed by atoms with Crippen molar-refractivity contribution >= 4 is 5.97 Å². The van der Waals surface area contributed by atoms with Gasteiger partial charge in [-0.25, -0.2) is 0 Å². The molecule has 2 unspecified atom stereocenters. The Hall–Kier alpha value is -0.570. The highest BCUT2D eigenvalue weighted by Crippen LogP contribution is 2.52. The molecule has 0 saturated heterocycles. The molecule has 2 aliphatic carbocycles. The van der Waals surface area contributed by atoms with Crippen molar-refractivity contribution in [2.24, 2.45) is 17.1 Å². The summed E-state index contributed by atoms with van der Waals surface area (Å²) in [6.45, 7) is 0. The van der Waals surface area contributed by atoms with Gasteiger partial charge in [0.1, 0.15) is 0 Å². The van der Waals surface area contributed by atoms with Gasteiger partial charge in [-0.15, -0.1) is 0 Å². The molecule has 3 nitrogen and oxygen atoms in total. The quantitative estimate of drug-likeness (QED) is 0.724. The molecule has 0 bridgehead atoms. The van der Waals surface area contributed by atoms with Gasteiger partial charge in [-0.1, -0.05) is 12.8 Å². The molecule has 0 radical (unpaired) electrons. The fourth-order valence-electron chi connectivity index (χ4n) is 2.73. The number of nitrogens with two attached hydrogens (primary N) is 1. The van der Waals surface area contributed by atoms with Crippen LogP contribution >= 0.6 is 0 Å². The first-order valence-electron chi connectivity index (χ1n) is 5.61. The summed E-state index contributed by atoms with van der Waals surface area (Å²) in [5.74, 6) is -0.0194. The monoisotopic (exact) mass is 197 g/mol. The Balaban J connectivity index is 1.88. The van der Waals surface area contributed by atoms with E-state index in [2.05, 4.69) is 0 Å². The van der Waals surface area contributed by atoms with Crippen molar-refractivity contribution in [3.05, 3.63) is 0 Å². The molecule has 2 aliphatic rings. The molecule has 0 aromatic carbocycles. The van der Waals surface area contributed by atoms with Crippen LogP contribution in [0.25, 0.3) is 0 Å². The van der Waals surface area contributed by atoms with Crippen molar-refractivity contribution in [3.8, 4) is 0 Å². The van der Waals surface area contributed by atoms with E-state index in [0.717, 1.165) is 32.1 Å². The lowest BCUT2D eigenvalue weighted by molar-refractivity contribution is -0.144. The fraction of sp³-hybridized carbons (Fsp3) is 0.909. The van der Waals surface area contributed by atoms with Gasteiger partial charge in [-0.2, -0.15) is 0 Å². The SMILES string of the molecule is NC1CCCC(CC2(C(=O)O)CC2)C1. The maximum absolute atomic E-state index is 11.0. The number of rotatable bonds is 3. The number of aliphatic carboxylic acids is 1. The highest BCUT2D eigenvalue weighted by atomic mass is 16.4. The van der Waals surface area contributed by atoms with Crippen LogP contribution in [0.3, 0.4) is 0 Å². The first kappa shape index (κ1) is 9.97. The van der Waals surface area contributed by atoms with E-state index in [9.17, 15) is 4.79 Å². The van der Waals surface area contributed by atoms with Gasteiger partial charge in [0.05, 0.1) is 5.41 Å². The third kappa shape index (κ3) is 1.92. The molecular weight excluding hydrogens is 178 g/mol. The summed E-state index contributed by atoms with van der Waals surface area (Å²) in [6.07, 6.45) is 7.16. The summed E-state index contributed by atoms with van der Waals surface area (Å²) in [4.78, 5) is 11.0. The molecule has 0 aromatic rings. The maximum atomic E-state index is 11.0. The van der Waals surface area contributed by atoms with Gasteiger partial charge in [0.25, 0.3) is 0 Å². The van der Waals surface area contributed by atoms with Crippen LogP contribution in [-0.4, -0.2) is 17.1 Å². The largest absolute Gasteiger partial charge is 0.481 e. The summed E-state index contributed by atoms with van der Waals surface area (Å²) in [5, 5.41) is 9.07. The predicted octanol–water partition coefficient (Wildman–Crippen LogP) is 1.76. The molecule has 14 heavy (non-hydrogen) atoms. The smallest absolute Gasteiger partial charge is 0.309 e. The third-order valence-electron chi connectivity index (χ3n) is 3.81. The number of hydrogen-bond donors (Lipinski definition) is 2. The van der Waals surface area contributed by atoms with Gasteiger partial charge in [0.15, 0.2) is 0 Å². The first-order valence-corrected chi connectivity index (χ1v) is 5.61. The van der Waals surface area contributed by atoms with Crippen molar-refractivity contribution < 1.29 is 9.90 Å². The van der Waals surface area contributed by atoms with Crippen LogP contribution in [-0.2, 0) is 4.79 Å². The van der Waals surface area contributed by atoms with Crippen LogP contribution in [0.2, 0.25) is 0 Å². The summed E-state index contributed by atoms with van der Waals surface area (Å²) in [7, 11) is 0. The fourth-order valence-corrected chi connectivity index (χ4v) is 2.73. The topological polar surface area (TPSA) is 63.3 Å². The van der Waals surface area contributed by atoms with Crippen molar-refractivity contribution in [1.82, 2.24) is 0 Å². The number of hydrogen-bond acceptors (Lipinski definition) is 2. The minimum absolute atomic E-state index is 0.318. The second-order valence-corrected chi connectivity index (χ2v) is 5.08. The summed E-state index contributed by atoms with van der Waals surface area (Å²) in [5.41, 5.74) is 5.55. The molecule has 2 saturated carbocycles. The average molecular weight is 197 g/mol. The van der Waals surface area contributed by atoms with Gasteiger partial charge in [0.2, 0.25) is 0 Å². The van der Waals surface area contributed by atoms with E-state index in [4.69, 9.17) is 10.8 Å². The lowest BCUT2D eigenvalue weighted by Gasteiger charge is -2.28. The van der Waals surface area contributed by atoms with Crippen LogP contribution in [0.1, 0.15) is 44.9 Å². The number of carboxylic acid groups (broad SMARTS) is 1. The van der Waals surface area contributed by atoms with Gasteiger partial charge in [0, 0.05) is 6.04 Å². The highest BCUT2D eigenvalue weighted by molar-refractivity contribution is 5.77. The second-order valence-electron chi connectivity index (χ2n) is 5.08. The normalized spacial score (nSPS) is 35.2. The van der Waals surface area contributed by atoms with Crippen molar-refractivity contribution in [2.75, 3.05) is 0 Å². The van der Waals surface area contributed by atoms with E-state index in [0.29, 0.717) is 12.0 Å². The van der Waals surface area contributed by atoms with Gasteiger partial charge < -0.3 is 10.8 Å². The molecule has 0 aliphatic heterocycles. The molecule has 2 rings (SSSR count). The molecule has 2 fully saturated rings. The lowest BCUT2D eigenvalue weighted by atomic mass is 9.79. The van der Waals surface area contributed by atoms with Crippen molar-refractivity contribution in [1.29, 1.82) is 0 Å². The van der Waals surface area contributed by atoms with Crippen LogP contribution in [0.15, 0.2) is 0 Å². The molecule has 0 amide bonds. The molecule has 3 heteroatoms. The Kier molecular flexibility index (Phi) is 2.52. The Bertz CT molecular complexity index is 235. The van der Waals surface area contributed by atoms with Crippen LogP contribution in [0, 0.1) is 11.3 Å². The minimum Gasteiger partial charge on any atom is -0.481 e. The molecule has 3 N–H and O–H groups in total. The van der Waals surface area contributed by atoms with E-state index in [1.807, 2.05) is 0 Å². The Morgan fingerprint density at radius 1 is 1.43 bits per heavy atom. The lowest BCUT2D eigenvalue weighted by Crippen LogP contribution is -2.30. The van der Waals surface area contributed by atoms with Gasteiger partial charge >= 0.3 is 5.97 Å². The number of carboxylic acids is 1. The van der Waals surface area contributed by atoms with Gasteiger partial charge in [-0.3, -0.25) is 4.79 Å². The molecule has 2 atom stereocenters. The highest BCUT2D eigenvalue weighted by Gasteiger charge is 2.51. The van der Waals surface area contributed by atoms with E-state index in [-0.39, 0.29) is 5.41 Å². The molecular formula is C11H19NO2. The second kappa shape index (κ2) is 3.54. The zero-order valence-corrected chi connectivity index (χ0v) is 8.54. The molecule has 0 heterocycles. The van der Waals surface area contributed by atoms with E-state index in [1.54, 1.807) is 0 Å². The van der Waals surface area contributed by atoms with Gasteiger partial charge in [-0.05, 0) is 38.0 Å². The number of carbonyl (C=O) groups is 1. The van der Waals surface area contributed by atoms with E-state index >= 15 is 0 Å². The molecule has 0 aromatic heterocycles. The Morgan fingerprint density at radius 3 is 2.64 bits per heavy atom. The predicted molar refractivity (Wildman–Crippen MR) is 53.9 cm³/mol. The van der Waals surface area contributed by atoms with E-state index < -0.39 is 5.97 Å². The summed E-state index contributed by atoms with van der Waals surface area (Å²) in [6, 6.07) is 0.318. The Labute approximate surface area is 84.7 Å². The zero-order valence-electron chi connectivity index (χ0n) is 8.54. The van der Waals surface area contributed by atoms with Crippen molar-refractivity contribution in [3.63, 3.8) is 0 Å². The third-order valence-corrected chi connectivity index (χ3v) is 3.81. The summed E-state index contributed by atoms with van der Waals surface area (Å²) >= 11 is 0. The average Bonchev–Trinajstić information content (AvgIpc) is 2.85. The van der Waals surface area contributed by atoms with E-state index in [1.165, 1.54) is 12.8 Å². The molecule has 0 spiro atoms. The summed E-state index contributed by atoms with van der Waals surface area (Å²) < 4.78 is 0. The van der Waals surface area contributed by atoms with Crippen LogP contribution < -0.4 is 5.73 Å². The van der Waals surface area contributed by atoms with Crippen LogP contribution in [0.5, 0.6) is 0 Å². The van der Waals surface area contributed by atoms with Crippen LogP contribution in [0.4, 0.5) is 0 Å². The Morgan fingerprint density at radius 2 is 2.14 bits per heavy atom. The zero-order chi connectivity index (χ0) is 10.2. The first-order chi connectivity index (χ1) is 6.62. The van der Waals surface area contributed by atoms with Crippen molar-refractivity contribution in [2.45, 2.75) is 51.0 Å². The molecule has 80 valence electrons.